The summed E-state index contributed by atoms with van der Waals surface area (Å²) in [6.07, 6.45) is 2.49. The Bertz CT molecular complexity index is 1270. The van der Waals surface area contributed by atoms with Gasteiger partial charge in [-0.25, -0.2) is 4.79 Å². The van der Waals surface area contributed by atoms with Gasteiger partial charge in [0.1, 0.15) is 6.07 Å². The van der Waals surface area contributed by atoms with E-state index in [1.807, 2.05) is 12.1 Å². The van der Waals surface area contributed by atoms with Gasteiger partial charge in [0, 0.05) is 17.7 Å². The Morgan fingerprint density at radius 2 is 1.86 bits per heavy atom. The van der Waals surface area contributed by atoms with Gasteiger partial charge < -0.3 is 14.2 Å². The molecule has 0 unspecified atom stereocenters. The molecule has 1 aliphatic carbocycles. The number of hydrogen-bond acceptors (Lipinski definition) is 7. The van der Waals surface area contributed by atoms with Gasteiger partial charge in [-0.3, -0.25) is 4.98 Å². The predicted octanol–water partition coefficient (Wildman–Crippen LogP) is 3.53. The van der Waals surface area contributed by atoms with Gasteiger partial charge in [0.25, 0.3) is 0 Å². The van der Waals surface area contributed by atoms with E-state index in [0.29, 0.717) is 45.5 Å². The number of benzene rings is 2. The van der Waals surface area contributed by atoms with Crippen molar-refractivity contribution in [1.82, 2.24) is 15.2 Å². The lowest BCUT2D eigenvalue weighted by atomic mass is 10.1. The fourth-order valence-electron chi connectivity index (χ4n) is 3.04. The van der Waals surface area contributed by atoms with Crippen molar-refractivity contribution in [3.63, 3.8) is 0 Å². The molecule has 2 heterocycles. The van der Waals surface area contributed by atoms with Crippen molar-refractivity contribution in [2.24, 2.45) is 5.92 Å². The molecule has 0 spiro atoms. The maximum Gasteiger partial charge on any atom is 0.417 e. The van der Waals surface area contributed by atoms with Crippen LogP contribution in [0.5, 0.6) is 0 Å². The van der Waals surface area contributed by atoms with E-state index in [1.54, 1.807) is 24.3 Å². The number of aromatic amines is 1. The molecule has 8 nitrogen and oxygen atoms in total. The van der Waals surface area contributed by atoms with Crippen LogP contribution in [-0.2, 0) is 0 Å². The number of oxazole rings is 1. The van der Waals surface area contributed by atoms with Crippen molar-refractivity contribution >= 4 is 16.8 Å². The predicted molar refractivity (Wildman–Crippen MR) is 101 cm³/mol. The van der Waals surface area contributed by atoms with Crippen molar-refractivity contribution in [2.75, 3.05) is 11.9 Å². The quantitative estimate of drug-likeness (QED) is 0.549. The molecule has 4 aromatic rings. The summed E-state index contributed by atoms with van der Waals surface area (Å²) >= 11 is 0. The number of rotatable bonds is 5. The summed E-state index contributed by atoms with van der Waals surface area (Å²) in [4.78, 5) is 13.9. The van der Waals surface area contributed by atoms with Crippen molar-refractivity contribution in [2.45, 2.75) is 12.8 Å². The topological polar surface area (TPSA) is 121 Å². The first-order chi connectivity index (χ1) is 13.7. The standard InChI is InChI=1S/C20H15N5O3/c21-9-14-7-12(3-5-15(14)22-10-11-1-2-11)18-24-25-19(28-18)13-4-6-16-17(8-13)27-20(26)23-16/h3-8,11,22H,1-2,10H2,(H,23,26). The average molecular weight is 373 g/mol. The molecule has 0 radical (unpaired) electrons. The maximum absolute atomic E-state index is 11.3. The normalized spacial score (nSPS) is 13.5. The monoisotopic (exact) mass is 373 g/mol. The van der Waals surface area contributed by atoms with Gasteiger partial charge in [0.05, 0.1) is 16.8 Å². The first-order valence-corrected chi connectivity index (χ1v) is 8.95. The first-order valence-electron chi connectivity index (χ1n) is 8.95. The minimum atomic E-state index is -0.516. The van der Waals surface area contributed by atoms with Gasteiger partial charge in [-0.1, -0.05) is 0 Å². The Labute approximate surface area is 158 Å². The number of H-pyrrole nitrogens is 1. The largest absolute Gasteiger partial charge is 0.417 e. The molecule has 2 N–H and O–H groups in total. The van der Waals surface area contributed by atoms with Gasteiger partial charge in [-0.15, -0.1) is 10.2 Å². The zero-order valence-electron chi connectivity index (χ0n) is 14.7. The number of fused-ring (bicyclic) bond motifs is 1. The molecule has 1 aliphatic rings. The van der Waals surface area contributed by atoms with Crippen LogP contribution >= 0.6 is 0 Å². The minimum absolute atomic E-state index is 0.301. The van der Waals surface area contributed by atoms with Gasteiger partial charge in [0.2, 0.25) is 11.8 Å². The van der Waals surface area contributed by atoms with E-state index in [2.05, 4.69) is 26.6 Å². The summed E-state index contributed by atoms with van der Waals surface area (Å²) in [5.74, 6) is 0.815. The zero-order chi connectivity index (χ0) is 19.1. The van der Waals surface area contributed by atoms with Crippen LogP contribution in [0.25, 0.3) is 34.0 Å². The van der Waals surface area contributed by atoms with Gasteiger partial charge in [-0.05, 0) is 55.2 Å². The SMILES string of the molecule is N#Cc1cc(-c2nnc(-c3ccc4[nH]c(=O)oc4c3)o2)ccc1NCC1CC1. The summed E-state index contributed by atoms with van der Waals surface area (Å²) in [5.41, 5.74) is 3.67. The highest BCUT2D eigenvalue weighted by Gasteiger charge is 2.21. The number of nitrogens with one attached hydrogen (secondary N) is 2. The summed E-state index contributed by atoms with van der Waals surface area (Å²) < 4.78 is 10.8. The Balaban J connectivity index is 1.44. The smallest absolute Gasteiger partial charge is 0.416 e. The molecule has 28 heavy (non-hydrogen) atoms. The lowest BCUT2D eigenvalue weighted by Crippen LogP contribution is -2.04. The van der Waals surface area contributed by atoms with Crippen LogP contribution in [0.4, 0.5) is 5.69 Å². The van der Waals surface area contributed by atoms with Crippen LogP contribution in [0.1, 0.15) is 18.4 Å². The number of aromatic nitrogens is 3. The van der Waals surface area contributed by atoms with E-state index < -0.39 is 5.76 Å². The molecule has 0 saturated heterocycles. The van der Waals surface area contributed by atoms with Crippen LogP contribution < -0.4 is 11.1 Å². The van der Waals surface area contributed by atoms with Crippen LogP contribution in [0, 0.1) is 17.2 Å². The third-order valence-corrected chi connectivity index (χ3v) is 4.76. The fourth-order valence-corrected chi connectivity index (χ4v) is 3.04. The molecule has 0 bridgehead atoms. The average Bonchev–Trinajstić information content (AvgIpc) is 3.26. The van der Waals surface area contributed by atoms with E-state index in [0.717, 1.165) is 12.2 Å². The molecule has 5 rings (SSSR count). The second-order valence-corrected chi connectivity index (χ2v) is 6.83. The van der Waals surface area contributed by atoms with Crippen molar-refractivity contribution < 1.29 is 8.83 Å². The van der Waals surface area contributed by atoms with Crippen molar-refractivity contribution in [3.8, 4) is 29.0 Å². The third kappa shape index (κ3) is 3.03. The maximum atomic E-state index is 11.3. The van der Waals surface area contributed by atoms with E-state index >= 15 is 0 Å². The van der Waals surface area contributed by atoms with E-state index in [1.165, 1.54) is 12.8 Å². The number of nitrogens with zero attached hydrogens (tertiary/aromatic N) is 3. The zero-order valence-corrected chi connectivity index (χ0v) is 14.7. The first kappa shape index (κ1) is 16.3. The summed E-state index contributed by atoms with van der Waals surface area (Å²) in [6.45, 7) is 0.885. The van der Waals surface area contributed by atoms with E-state index in [-0.39, 0.29) is 0 Å². The lowest BCUT2D eigenvalue weighted by Gasteiger charge is -2.08. The summed E-state index contributed by atoms with van der Waals surface area (Å²) in [7, 11) is 0. The molecule has 2 aromatic carbocycles. The Hall–Kier alpha value is -3.86. The fraction of sp³-hybridized carbons (Fsp3) is 0.200. The highest BCUT2D eigenvalue weighted by Crippen LogP contribution is 2.31. The molecule has 0 aliphatic heterocycles. The number of nitriles is 1. The number of anilines is 1. The Morgan fingerprint density at radius 1 is 1.11 bits per heavy atom. The van der Waals surface area contributed by atoms with Crippen LogP contribution in [0.15, 0.2) is 50.0 Å². The highest BCUT2D eigenvalue weighted by molar-refractivity contribution is 5.78. The van der Waals surface area contributed by atoms with Gasteiger partial charge in [-0.2, -0.15) is 5.26 Å². The third-order valence-electron chi connectivity index (χ3n) is 4.76. The van der Waals surface area contributed by atoms with Crippen molar-refractivity contribution in [3.05, 3.63) is 52.5 Å². The molecule has 138 valence electrons. The van der Waals surface area contributed by atoms with Crippen LogP contribution in [-0.4, -0.2) is 21.7 Å². The van der Waals surface area contributed by atoms with Gasteiger partial charge >= 0.3 is 5.76 Å². The molecule has 0 amide bonds. The molecule has 1 fully saturated rings. The minimum Gasteiger partial charge on any atom is -0.416 e. The molecule has 1 saturated carbocycles. The van der Waals surface area contributed by atoms with Crippen molar-refractivity contribution in [1.29, 1.82) is 5.26 Å². The Kier molecular flexibility index (Phi) is 3.72. The van der Waals surface area contributed by atoms with Crippen LogP contribution in [0.2, 0.25) is 0 Å². The summed E-state index contributed by atoms with van der Waals surface area (Å²) in [6, 6.07) is 12.8. The van der Waals surface area contributed by atoms with E-state index in [4.69, 9.17) is 8.83 Å². The molecule has 8 heteroatoms. The second kappa shape index (κ2) is 6.39. The Morgan fingerprint density at radius 3 is 2.61 bits per heavy atom. The summed E-state index contributed by atoms with van der Waals surface area (Å²) in [5, 5.41) is 21.0. The van der Waals surface area contributed by atoms with Crippen LogP contribution in [0.3, 0.4) is 0 Å². The lowest BCUT2D eigenvalue weighted by molar-refractivity contribution is 0.554. The molecule has 2 aromatic heterocycles. The number of hydrogen-bond donors (Lipinski definition) is 2. The van der Waals surface area contributed by atoms with E-state index in [9.17, 15) is 10.1 Å². The molecule has 0 atom stereocenters. The second-order valence-electron chi connectivity index (χ2n) is 6.83. The molecular formula is C20H15N5O3. The highest BCUT2D eigenvalue weighted by atomic mass is 16.4. The molecular weight excluding hydrogens is 358 g/mol. The van der Waals surface area contributed by atoms with Gasteiger partial charge in [0.15, 0.2) is 5.58 Å².